The SMILES string of the molecule is Cc1ccc(C)c(OCCCSCCC(=O)Nc2c(C)n(C)n(-c3ccccc3)c2=O)c1. The zero-order valence-electron chi connectivity index (χ0n) is 19.2. The van der Waals surface area contributed by atoms with Gasteiger partial charge in [-0.3, -0.25) is 14.3 Å². The molecular formula is C25H31N3O3S. The molecule has 2 aromatic carbocycles. The highest BCUT2D eigenvalue weighted by Crippen LogP contribution is 2.19. The van der Waals surface area contributed by atoms with Crippen LogP contribution in [0.1, 0.15) is 29.7 Å². The van der Waals surface area contributed by atoms with Crippen LogP contribution in [0.3, 0.4) is 0 Å². The first-order valence-corrected chi connectivity index (χ1v) is 12.0. The summed E-state index contributed by atoms with van der Waals surface area (Å²) >= 11 is 1.72. The van der Waals surface area contributed by atoms with E-state index in [0.717, 1.165) is 34.9 Å². The summed E-state index contributed by atoms with van der Waals surface area (Å²) in [6.45, 7) is 6.60. The Labute approximate surface area is 193 Å². The van der Waals surface area contributed by atoms with E-state index >= 15 is 0 Å². The molecule has 1 amide bonds. The van der Waals surface area contributed by atoms with Crippen LogP contribution in [-0.4, -0.2) is 33.4 Å². The monoisotopic (exact) mass is 453 g/mol. The Hall–Kier alpha value is -2.93. The van der Waals surface area contributed by atoms with Gasteiger partial charge in [-0.2, -0.15) is 11.8 Å². The molecular weight excluding hydrogens is 422 g/mol. The first kappa shape index (κ1) is 23.7. The lowest BCUT2D eigenvalue weighted by molar-refractivity contribution is -0.115. The molecule has 0 atom stereocenters. The maximum atomic E-state index is 12.9. The van der Waals surface area contributed by atoms with E-state index in [-0.39, 0.29) is 11.5 Å². The Balaban J connectivity index is 1.43. The number of nitrogens with zero attached hydrogens (tertiary/aromatic N) is 2. The standard InChI is InChI=1S/C25H31N3O3S/c1-18-11-12-19(2)22(17-18)31-14-8-15-32-16-13-23(29)26-24-20(3)27(4)28(25(24)30)21-9-6-5-7-10-21/h5-7,9-12,17H,8,13-16H2,1-4H3,(H,26,29). The fourth-order valence-corrected chi connectivity index (χ4v) is 4.24. The number of nitrogens with one attached hydrogen (secondary N) is 1. The number of carbonyl (C=O) groups is 1. The van der Waals surface area contributed by atoms with Gasteiger partial charge >= 0.3 is 0 Å². The molecule has 0 fully saturated rings. The quantitative estimate of drug-likeness (QED) is 0.455. The number of hydrogen-bond donors (Lipinski definition) is 1. The molecule has 3 aromatic rings. The fourth-order valence-electron chi connectivity index (χ4n) is 3.39. The maximum absolute atomic E-state index is 12.9. The summed E-state index contributed by atoms with van der Waals surface area (Å²) in [6, 6.07) is 15.6. The lowest BCUT2D eigenvalue weighted by Gasteiger charge is -2.09. The van der Waals surface area contributed by atoms with E-state index in [1.165, 1.54) is 5.56 Å². The minimum Gasteiger partial charge on any atom is -0.493 e. The number of carbonyl (C=O) groups excluding carboxylic acids is 1. The van der Waals surface area contributed by atoms with Gasteiger partial charge in [-0.1, -0.05) is 30.3 Å². The Morgan fingerprint density at radius 1 is 1.06 bits per heavy atom. The van der Waals surface area contributed by atoms with Gasteiger partial charge in [0.25, 0.3) is 5.56 Å². The summed E-state index contributed by atoms with van der Waals surface area (Å²) in [4.78, 5) is 25.3. The number of aromatic nitrogens is 2. The number of amides is 1. The largest absolute Gasteiger partial charge is 0.493 e. The third kappa shape index (κ3) is 5.85. The summed E-state index contributed by atoms with van der Waals surface area (Å²) in [5.41, 5.74) is 3.94. The summed E-state index contributed by atoms with van der Waals surface area (Å²) in [7, 11) is 1.82. The third-order valence-corrected chi connectivity index (χ3v) is 6.40. The van der Waals surface area contributed by atoms with Gasteiger partial charge in [0.05, 0.1) is 18.0 Å². The van der Waals surface area contributed by atoms with E-state index in [9.17, 15) is 9.59 Å². The highest BCUT2D eigenvalue weighted by atomic mass is 32.2. The van der Waals surface area contributed by atoms with Crippen molar-refractivity contribution in [2.45, 2.75) is 33.6 Å². The summed E-state index contributed by atoms with van der Waals surface area (Å²) in [5, 5.41) is 2.81. The number of rotatable bonds is 10. The van der Waals surface area contributed by atoms with Crippen LogP contribution in [0.4, 0.5) is 5.69 Å². The molecule has 1 N–H and O–H groups in total. The van der Waals surface area contributed by atoms with E-state index in [1.807, 2.05) is 51.2 Å². The van der Waals surface area contributed by atoms with E-state index in [1.54, 1.807) is 21.1 Å². The Morgan fingerprint density at radius 3 is 2.56 bits per heavy atom. The predicted molar refractivity (Wildman–Crippen MR) is 132 cm³/mol. The highest BCUT2D eigenvalue weighted by molar-refractivity contribution is 7.99. The Morgan fingerprint density at radius 2 is 1.81 bits per heavy atom. The molecule has 1 aromatic heterocycles. The molecule has 0 aliphatic heterocycles. The number of hydrogen-bond acceptors (Lipinski definition) is 4. The molecule has 0 saturated carbocycles. The smallest absolute Gasteiger partial charge is 0.295 e. The molecule has 3 rings (SSSR count). The van der Waals surface area contributed by atoms with Gasteiger partial charge in [0, 0.05) is 19.2 Å². The Bertz CT molecular complexity index is 1120. The van der Waals surface area contributed by atoms with Gasteiger partial charge in [-0.25, -0.2) is 4.68 Å². The second kappa shape index (κ2) is 11.1. The minimum absolute atomic E-state index is 0.143. The van der Waals surface area contributed by atoms with Crippen molar-refractivity contribution in [2.75, 3.05) is 23.4 Å². The average molecular weight is 454 g/mol. The molecule has 1 heterocycles. The summed E-state index contributed by atoms with van der Waals surface area (Å²) in [5.74, 6) is 2.42. The van der Waals surface area contributed by atoms with Gasteiger partial charge in [0.1, 0.15) is 11.4 Å². The first-order chi connectivity index (χ1) is 15.4. The number of anilines is 1. The number of benzene rings is 2. The molecule has 6 nitrogen and oxygen atoms in total. The van der Waals surface area contributed by atoms with Gasteiger partial charge in [0.2, 0.25) is 5.91 Å². The van der Waals surface area contributed by atoms with Crippen molar-refractivity contribution in [3.05, 3.63) is 75.7 Å². The van der Waals surface area contributed by atoms with Crippen LogP contribution in [0.2, 0.25) is 0 Å². The fraction of sp³-hybridized carbons (Fsp3) is 0.360. The second-order valence-electron chi connectivity index (χ2n) is 7.82. The molecule has 0 spiro atoms. The van der Waals surface area contributed by atoms with E-state index in [2.05, 4.69) is 30.4 Å². The van der Waals surface area contributed by atoms with Crippen LogP contribution in [0.5, 0.6) is 5.75 Å². The van der Waals surface area contributed by atoms with Gasteiger partial charge in [-0.15, -0.1) is 0 Å². The molecule has 7 heteroatoms. The number of ether oxygens (including phenoxy) is 1. The van der Waals surface area contributed by atoms with Crippen LogP contribution in [0.25, 0.3) is 5.69 Å². The van der Waals surface area contributed by atoms with Crippen molar-refractivity contribution in [3.63, 3.8) is 0 Å². The van der Waals surface area contributed by atoms with Crippen molar-refractivity contribution in [1.29, 1.82) is 0 Å². The Kier molecular flexibility index (Phi) is 8.22. The molecule has 0 unspecified atom stereocenters. The lowest BCUT2D eigenvalue weighted by atomic mass is 10.1. The van der Waals surface area contributed by atoms with Crippen molar-refractivity contribution in [1.82, 2.24) is 9.36 Å². The molecule has 0 saturated heterocycles. The summed E-state index contributed by atoms with van der Waals surface area (Å²) in [6.07, 6.45) is 1.28. The molecule has 0 radical (unpaired) electrons. The first-order valence-electron chi connectivity index (χ1n) is 10.8. The van der Waals surface area contributed by atoms with Crippen LogP contribution in [0, 0.1) is 20.8 Å². The van der Waals surface area contributed by atoms with Crippen LogP contribution < -0.4 is 15.6 Å². The van der Waals surface area contributed by atoms with Crippen molar-refractivity contribution >= 4 is 23.4 Å². The molecule has 32 heavy (non-hydrogen) atoms. The van der Waals surface area contributed by atoms with Gasteiger partial charge < -0.3 is 10.1 Å². The van der Waals surface area contributed by atoms with Crippen molar-refractivity contribution in [2.24, 2.45) is 7.05 Å². The second-order valence-corrected chi connectivity index (χ2v) is 9.04. The zero-order valence-corrected chi connectivity index (χ0v) is 20.0. The number of thioether (sulfide) groups is 1. The third-order valence-electron chi connectivity index (χ3n) is 5.33. The lowest BCUT2D eigenvalue weighted by Crippen LogP contribution is -2.23. The zero-order chi connectivity index (χ0) is 23.1. The molecule has 170 valence electrons. The van der Waals surface area contributed by atoms with Crippen LogP contribution >= 0.6 is 11.8 Å². The predicted octanol–water partition coefficient (Wildman–Crippen LogP) is 4.63. The highest BCUT2D eigenvalue weighted by Gasteiger charge is 2.17. The van der Waals surface area contributed by atoms with E-state index < -0.39 is 0 Å². The maximum Gasteiger partial charge on any atom is 0.295 e. The van der Waals surface area contributed by atoms with Crippen molar-refractivity contribution < 1.29 is 9.53 Å². The van der Waals surface area contributed by atoms with E-state index in [4.69, 9.17) is 4.74 Å². The molecule has 0 bridgehead atoms. The van der Waals surface area contributed by atoms with Crippen molar-refractivity contribution in [3.8, 4) is 11.4 Å². The van der Waals surface area contributed by atoms with Crippen LogP contribution in [-0.2, 0) is 11.8 Å². The molecule has 0 aliphatic carbocycles. The minimum atomic E-state index is -0.221. The number of aryl methyl sites for hydroxylation is 2. The summed E-state index contributed by atoms with van der Waals surface area (Å²) < 4.78 is 9.20. The van der Waals surface area contributed by atoms with Gasteiger partial charge in [-0.05, 0) is 62.3 Å². The number of para-hydroxylation sites is 1. The van der Waals surface area contributed by atoms with E-state index in [0.29, 0.717) is 24.5 Å². The van der Waals surface area contributed by atoms with Gasteiger partial charge in [0.15, 0.2) is 0 Å². The normalized spacial score (nSPS) is 10.9. The van der Waals surface area contributed by atoms with Crippen LogP contribution in [0.15, 0.2) is 53.3 Å². The topological polar surface area (TPSA) is 65.3 Å². The average Bonchev–Trinajstić information content (AvgIpc) is 2.99. The molecule has 0 aliphatic rings.